The first kappa shape index (κ1) is 22.0. The van der Waals surface area contributed by atoms with Crippen LogP contribution in [-0.2, 0) is 23.9 Å². The fraction of sp³-hybridized carbons (Fsp3) is 0.500. The van der Waals surface area contributed by atoms with Gasteiger partial charge in [-0.1, -0.05) is 26.0 Å². The standard InChI is InChI=1S/C24H28N2O6/c1-4-31-17-9-7-16(8-10-17)25-18(27)12-32-24(30)21(13(2)3)26-22(28)19-14-5-6-15(11-14)20(19)23(26)29/h5-10,13-15,19-21H,4,11-12H2,1-3H3,(H,25,27)/t14-,15-,19-,20+,21+/m0/s1. The molecule has 1 saturated heterocycles. The van der Waals surface area contributed by atoms with E-state index >= 15 is 0 Å². The molecule has 3 aliphatic rings. The van der Waals surface area contributed by atoms with Crippen LogP contribution in [0.3, 0.4) is 0 Å². The molecule has 0 radical (unpaired) electrons. The Hall–Kier alpha value is -3.16. The molecule has 2 aliphatic carbocycles. The molecule has 2 bridgehead atoms. The minimum atomic E-state index is -1.04. The monoisotopic (exact) mass is 440 g/mol. The molecular formula is C24H28N2O6. The third-order valence-corrected chi connectivity index (χ3v) is 6.45. The molecule has 4 rings (SSSR count). The quantitative estimate of drug-likeness (QED) is 0.378. The van der Waals surface area contributed by atoms with Crippen molar-refractivity contribution in [2.45, 2.75) is 33.2 Å². The largest absolute Gasteiger partial charge is 0.494 e. The van der Waals surface area contributed by atoms with Crippen LogP contribution in [0, 0.1) is 29.6 Å². The van der Waals surface area contributed by atoms with E-state index in [1.165, 1.54) is 0 Å². The highest BCUT2D eigenvalue weighted by Gasteiger charge is 2.61. The average molecular weight is 440 g/mol. The van der Waals surface area contributed by atoms with E-state index in [0.29, 0.717) is 18.0 Å². The van der Waals surface area contributed by atoms with Gasteiger partial charge in [0.15, 0.2) is 6.61 Å². The Balaban J connectivity index is 1.37. The summed E-state index contributed by atoms with van der Waals surface area (Å²) in [6.45, 7) is 5.43. The van der Waals surface area contributed by atoms with Crippen LogP contribution in [0.15, 0.2) is 36.4 Å². The molecule has 32 heavy (non-hydrogen) atoms. The zero-order valence-corrected chi connectivity index (χ0v) is 18.4. The molecule has 8 heteroatoms. The van der Waals surface area contributed by atoms with E-state index in [4.69, 9.17) is 9.47 Å². The number of anilines is 1. The summed E-state index contributed by atoms with van der Waals surface area (Å²) in [6, 6.07) is 5.78. The van der Waals surface area contributed by atoms with E-state index in [1.807, 2.05) is 19.1 Å². The lowest BCUT2D eigenvalue weighted by molar-refractivity contribution is -0.162. The Morgan fingerprint density at radius 2 is 1.66 bits per heavy atom. The number of hydrogen-bond acceptors (Lipinski definition) is 6. The number of nitrogens with zero attached hydrogens (tertiary/aromatic N) is 1. The summed E-state index contributed by atoms with van der Waals surface area (Å²) in [6.07, 6.45) is 4.84. The normalized spacial score (nSPS) is 26.4. The van der Waals surface area contributed by atoms with Gasteiger partial charge >= 0.3 is 5.97 Å². The minimum absolute atomic E-state index is 0.0650. The van der Waals surface area contributed by atoms with Crippen molar-refractivity contribution in [2.24, 2.45) is 29.6 Å². The van der Waals surface area contributed by atoms with Crippen molar-refractivity contribution in [3.05, 3.63) is 36.4 Å². The second-order valence-electron chi connectivity index (χ2n) is 8.85. The van der Waals surface area contributed by atoms with E-state index in [1.54, 1.807) is 38.1 Å². The molecule has 0 aromatic heterocycles. The summed E-state index contributed by atoms with van der Waals surface area (Å²) in [5.74, 6) is -2.14. The van der Waals surface area contributed by atoms with E-state index in [-0.39, 0.29) is 41.4 Å². The van der Waals surface area contributed by atoms with Crippen molar-refractivity contribution < 1.29 is 28.7 Å². The third kappa shape index (κ3) is 3.89. The molecule has 1 saturated carbocycles. The molecule has 8 nitrogen and oxygen atoms in total. The number of allylic oxidation sites excluding steroid dienone is 2. The van der Waals surface area contributed by atoms with Crippen LogP contribution in [0.2, 0.25) is 0 Å². The number of benzene rings is 1. The average Bonchev–Trinajstić information content (AvgIpc) is 3.44. The first-order chi connectivity index (χ1) is 15.3. The van der Waals surface area contributed by atoms with Gasteiger partial charge in [0.25, 0.3) is 5.91 Å². The number of fused-ring (bicyclic) bond motifs is 5. The molecule has 170 valence electrons. The van der Waals surface area contributed by atoms with E-state index < -0.39 is 24.5 Å². The molecule has 1 heterocycles. The number of esters is 1. The molecule has 2 fully saturated rings. The smallest absolute Gasteiger partial charge is 0.330 e. The van der Waals surface area contributed by atoms with Gasteiger partial charge in [-0.25, -0.2) is 4.79 Å². The molecule has 0 spiro atoms. The minimum Gasteiger partial charge on any atom is -0.494 e. The molecule has 1 aliphatic heterocycles. The topological polar surface area (TPSA) is 102 Å². The lowest BCUT2D eigenvalue weighted by atomic mass is 9.85. The number of hydrogen-bond donors (Lipinski definition) is 1. The van der Waals surface area contributed by atoms with E-state index in [0.717, 1.165) is 11.3 Å². The van der Waals surface area contributed by atoms with E-state index in [2.05, 4.69) is 5.32 Å². The van der Waals surface area contributed by atoms with Gasteiger partial charge in [0.1, 0.15) is 11.8 Å². The highest BCUT2D eigenvalue weighted by atomic mass is 16.5. The Morgan fingerprint density at radius 1 is 1.06 bits per heavy atom. The predicted octanol–water partition coefficient (Wildman–Crippen LogP) is 2.40. The van der Waals surface area contributed by atoms with Gasteiger partial charge in [-0.3, -0.25) is 19.3 Å². The number of imide groups is 1. The molecule has 1 aromatic carbocycles. The number of amides is 3. The Morgan fingerprint density at radius 3 is 2.19 bits per heavy atom. The summed E-state index contributed by atoms with van der Waals surface area (Å²) in [5.41, 5.74) is 0.538. The number of nitrogens with one attached hydrogen (secondary N) is 1. The van der Waals surface area contributed by atoms with Crippen molar-refractivity contribution in [3.8, 4) is 5.75 Å². The summed E-state index contributed by atoms with van der Waals surface area (Å²) in [7, 11) is 0. The second kappa shape index (κ2) is 8.76. The van der Waals surface area contributed by atoms with Gasteiger partial charge in [0.05, 0.1) is 18.4 Å². The molecule has 3 amide bonds. The van der Waals surface area contributed by atoms with Gasteiger partial charge in [-0.15, -0.1) is 0 Å². The Labute approximate surface area is 186 Å². The van der Waals surface area contributed by atoms with Crippen molar-refractivity contribution in [2.75, 3.05) is 18.5 Å². The summed E-state index contributed by atoms with van der Waals surface area (Å²) in [4.78, 5) is 52.3. The number of ether oxygens (including phenoxy) is 2. The maximum Gasteiger partial charge on any atom is 0.330 e. The van der Waals surface area contributed by atoms with Gasteiger partial charge in [0, 0.05) is 5.69 Å². The van der Waals surface area contributed by atoms with Crippen molar-refractivity contribution in [3.63, 3.8) is 0 Å². The SMILES string of the molecule is CCOc1ccc(NC(=O)COC(=O)[C@@H](C(C)C)N2C(=O)[C@@H]3[C@H](C2=O)[C@H]2C=C[C@H]3C2)cc1. The first-order valence-electron chi connectivity index (χ1n) is 11.1. The van der Waals surface area contributed by atoms with Crippen molar-refractivity contribution in [1.29, 1.82) is 0 Å². The number of carbonyl (C=O) groups is 4. The van der Waals surface area contributed by atoms with E-state index in [9.17, 15) is 19.2 Å². The van der Waals surface area contributed by atoms with Crippen molar-refractivity contribution >= 4 is 29.4 Å². The van der Waals surface area contributed by atoms with Crippen LogP contribution in [0.5, 0.6) is 5.75 Å². The van der Waals surface area contributed by atoms with Crippen LogP contribution < -0.4 is 10.1 Å². The van der Waals surface area contributed by atoms with Crippen LogP contribution in [-0.4, -0.2) is 47.8 Å². The molecule has 1 N–H and O–H groups in total. The van der Waals surface area contributed by atoms with Crippen LogP contribution in [0.1, 0.15) is 27.2 Å². The van der Waals surface area contributed by atoms with Crippen LogP contribution in [0.4, 0.5) is 5.69 Å². The molecular weight excluding hydrogens is 412 g/mol. The van der Waals surface area contributed by atoms with Gasteiger partial charge in [0.2, 0.25) is 11.8 Å². The third-order valence-electron chi connectivity index (χ3n) is 6.45. The molecule has 1 aromatic rings. The number of rotatable bonds is 8. The van der Waals surface area contributed by atoms with Crippen molar-refractivity contribution in [1.82, 2.24) is 4.90 Å². The zero-order chi connectivity index (χ0) is 23.0. The summed E-state index contributed by atoms with van der Waals surface area (Å²) in [5, 5.41) is 2.65. The maximum atomic E-state index is 13.1. The van der Waals surface area contributed by atoms with Crippen LogP contribution >= 0.6 is 0 Å². The zero-order valence-electron chi connectivity index (χ0n) is 18.4. The number of likely N-dealkylation sites (tertiary alicyclic amines) is 1. The highest BCUT2D eigenvalue weighted by molar-refractivity contribution is 6.09. The van der Waals surface area contributed by atoms with Crippen LogP contribution in [0.25, 0.3) is 0 Å². The maximum absolute atomic E-state index is 13.1. The fourth-order valence-electron chi connectivity index (χ4n) is 5.10. The van der Waals surface area contributed by atoms with Gasteiger partial charge in [-0.05, 0) is 55.4 Å². The lowest BCUT2D eigenvalue weighted by Crippen LogP contribution is -2.50. The molecule has 0 unspecified atom stereocenters. The Bertz CT molecular complexity index is 924. The van der Waals surface area contributed by atoms with Gasteiger partial charge in [-0.2, -0.15) is 0 Å². The number of carbonyl (C=O) groups excluding carboxylic acids is 4. The fourth-order valence-corrected chi connectivity index (χ4v) is 5.10. The lowest BCUT2D eigenvalue weighted by Gasteiger charge is -2.28. The summed E-state index contributed by atoms with van der Waals surface area (Å²) < 4.78 is 10.6. The van der Waals surface area contributed by atoms with Gasteiger partial charge < -0.3 is 14.8 Å². The first-order valence-corrected chi connectivity index (χ1v) is 11.1. The Kier molecular flexibility index (Phi) is 6.04. The second-order valence-corrected chi connectivity index (χ2v) is 8.85. The summed E-state index contributed by atoms with van der Waals surface area (Å²) >= 11 is 0. The highest BCUT2D eigenvalue weighted by Crippen LogP contribution is 2.53. The predicted molar refractivity (Wildman–Crippen MR) is 115 cm³/mol. The molecule has 5 atom stereocenters.